The molecule has 0 saturated carbocycles. The van der Waals surface area contributed by atoms with Crippen molar-refractivity contribution in [2.24, 2.45) is 0 Å². The lowest BCUT2D eigenvalue weighted by Crippen LogP contribution is -2.33. The third kappa shape index (κ3) is 5.86. The van der Waals surface area contributed by atoms with Crippen molar-refractivity contribution >= 4 is 27.7 Å². The monoisotopic (exact) mass is 344 g/mol. The predicted octanol–water partition coefficient (Wildman–Crippen LogP) is 3.78. The third-order valence-electron chi connectivity index (χ3n) is 3.53. The van der Waals surface area contributed by atoms with E-state index >= 15 is 0 Å². The van der Waals surface area contributed by atoms with E-state index in [4.69, 9.17) is 0 Å². The normalized spacial score (nSPS) is 14.6. The zero-order valence-corrected chi connectivity index (χ0v) is 14.7. The average Bonchev–Trinajstić information content (AvgIpc) is 2.39. The van der Waals surface area contributed by atoms with Crippen LogP contribution in [0.5, 0.6) is 0 Å². The van der Waals surface area contributed by atoms with Gasteiger partial charge < -0.3 is 10.2 Å². The Bertz CT molecular complexity index is 373. The largest absolute Gasteiger partial charge is 0.313 e. The standard InChI is InChI=1S/C15H25BrN2S/c1-12(11-19-4)18(3)9-8-15(17-2)13-6-5-7-14(16)10-13/h5-7,10,12,15,17H,8-9,11H2,1-4H3. The van der Waals surface area contributed by atoms with E-state index in [1.54, 1.807) is 0 Å². The average molecular weight is 345 g/mol. The van der Waals surface area contributed by atoms with Gasteiger partial charge in [-0.3, -0.25) is 0 Å². The summed E-state index contributed by atoms with van der Waals surface area (Å²) in [6.45, 7) is 3.41. The molecule has 19 heavy (non-hydrogen) atoms. The van der Waals surface area contributed by atoms with Gasteiger partial charge in [0.1, 0.15) is 0 Å². The number of hydrogen-bond acceptors (Lipinski definition) is 3. The summed E-state index contributed by atoms with van der Waals surface area (Å²) < 4.78 is 1.15. The molecular weight excluding hydrogens is 320 g/mol. The lowest BCUT2D eigenvalue weighted by molar-refractivity contribution is 0.262. The lowest BCUT2D eigenvalue weighted by Gasteiger charge is -2.26. The molecule has 1 N–H and O–H groups in total. The van der Waals surface area contributed by atoms with Gasteiger partial charge >= 0.3 is 0 Å². The van der Waals surface area contributed by atoms with E-state index in [-0.39, 0.29) is 0 Å². The number of rotatable bonds is 8. The molecule has 0 aliphatic rings. The Morgan fingerprint density at radius 2 is 2.16 bits per heavy atom. The molecular formula is C15H25BrN2S. The van der Waals surface area contributed by atoms with Gasteiger partial charge in [-0.2, -0.15) is 11.8 Å². The Kier molecular flexibility index (Phi) is 8.07. The van der Waals surface area contributed by atoms with E-state index in [9.17, 15) is 0 Å². The molecule has 108 valence electrons. The minimum atomic E-state index is 0.418. The van der Waals surface area contributed by atoms with Gasteiger partial charge in [-0.05, 0) is 57.9 Å². The summed E-state index contributed by atoms with van der Waals surface area (Å²) in [5.41, 5.74) is 1.35. The maximum Gasteiger partial charge on any atom is 0.0330 e. The molecule has 1 aromatic rings. The quantitative estimate of drug-likeness (QED) is 0.772. The summed E-state index contributed by atoms with van der Waals surface area (Å²) in [4.78, 5) is 2.44. The molecule has 0 radical (unpaired) electrons. The zero-order chi connectivity index (χ0) is 14.3. The van der Waals surface area contributed by atoms with Crippen LogP contribution in [-0.2, 0) is 0 Å². The molecule has 1 rings (SSSR count). The first-order chi connectivity index (χ1) is 9.08. The molecule has 2 nitrogen and oxygen atoms in total. The fraction of sp³-hybridized carbons (Fsp3) is 0.600. The summed E-state index contributed by atoms with van der Waals surface area (Å²) in [6.07, 6.45) is 3.30. The molecule has 0 amide bonds. The van der Waals surface area contributed by atoms with Crippen LogP contribution in [0.2, 0.25) is 0 Å². The van der Waals surface area contributed by atoms with E-state index in [2.05, 4.69) is 70.6 Å². The van der Waals surface area contributed by atoms with Crippen molar-refractivity contribution in [3.05, 3.63) is 34.3 Å². The summed E-state index contributed by atoms with van der Waals surface area (Å²) in [7, 11) is 4.26. The van der Waals surface area contributed by atoms with E-state index in [1.165, 1.54) is 11.3 Å². The summed E-state index contributed by atoms with van der Waals surface area (Å²) in [5, 5.41) is 3.42. The van der Waals surface area contributed by atoms with Crippen LogP contribution in [0.1, 0.15) is 24.9 Å². The van der Waals surface area contributed by atoms with E-state index in [0.717, 1.165) is 17.4 Å². The van der Waals surface area contributed by atoms with Gasteiger partial charge in [0.15, 0.2) is 0 Å². The molecule has 0 aliphatic carbocycles. The highest BCUT2D eigenvalue weighted by molar-refractivity contribution is 9.10. The summed E-state index contributed by atoms with van der Waals surface area (Å²) >= 11 is 5.46. The maximum atomic E-state index is 3.54. The van der Waals surface area contributed by atoms with Gasteiger partial charge in [-0.15, -0.1) is 0 Å². The van der Waals surface area contributed by atoms with Crippen LogP contribution >= 0.6 is 27.7 Å². The zero-order valence-electron chi connectivity index (χ0n) is 12.3. The Labute approximate surface area is 130 Å². The predicted molar refractivity (Wildman–Crippen MR) is 91.0 cm³/mol. The van der Waals surface area contributed by atoms with Crippen LogP contribution in [-0.4, -0.2) is 43.6 Å². The third-order valence-corrected chi connectivity index (χ3v) is 4.84. The van der Waals surface area contributed by atoms with Gasteiger partial charge in [-0.25, -0.2) is 0 Å². The van der Waals surface area contributed by atoms with Crippen molar-refractivity contribution in [3.63, 3.8) is 0 Å². The molecule has 0 fully saturated rings. The molecule has 2 atom stereocenters. The highest BCUT2D eigenvalue weighted by atomic mass is 79.9. The molecule has 0 bridgehead atoms. The van der Waals surface area contributed by atoms with Crippen LogP contribution in [0.25, 0.3) is 0 Å². The first-order valence-corrected chi connectivity index (χ1v) is 8.89. The first-order valence-electron chi connectivity index (χ1n) is 6.70. The maximum absolute atomic E-state index is 3.54. The van der Waals surface area contributed by atoms with Crippen molar-refractivity contribution in [2.45, 2.75) is 25.4 Å². The van der Waals surface area contributed by atoms with Crippen LogP contribution in [0.4, 0.5) is 0 Å². The second-order valence-corrected chi connectivity index (χ2v) is 6.80. The Morgan fingerprint density at radius 3 is 2.74 bits per heavy atom. The molecule has 4 heteroatoms. The van der Waals surface area contributed by atoms with Gasteiger partial charge in [-0.1, -0.05) is 28.1 Å². The Hall–Kier alpha value is -0.0300. The fourth-order valence-corrected chi connectivity index (χ4v) is 3.28. The van der Waals surface area contributed by atoms with Crippen LogP contribution in [0.15, 0.2) is 28.7 Å². The molecule has 2 unspecified atom stereocenters. The van der Waals surface area contributed by atoms with E-state index in [0.29, 0.717) is 12.1 Å². The van der Waals surface area contributed by atoms with Crippen molar-refractivity contribution in [1.29, 1.82) is 0 Å². The lowest BCUT2D eigenvalue weighted by atomic mass is 10.0. The van der Waals surface area contributed by atoms with Gasteiger partial charge in [0, 0.05) is 22.3 Å². The highest BCUT2D eigenvalue weighted by Gasteiger charge is 2.13. The Balaban J connectivity index is 2.53. The SMILES string of the molecule is CNC(CCN(C)C(C)CSC)c1cccc(Br)c1. The molecule has 0 aromatic heterocycles. The molecule has 1 aromatic carbocycles. The van der Waals surface area contributed by atoms with Crippen molar-refractivity contribution < 1.29 is 0 Å². The van der Waals surface area contributed by atoms with Crippen LogP contribution in [0, 0.1) is 0 Å². The van der Waals surface area contributed by atoms with Crippen molar-refractivity contribution in [3.8, 4) is 0 Å². The van der Waals surface area contributed by atoms with Crippen molar-refractivity contribution in [1.82, 2.24) is 10.2 Å². The second-order valence-electron chi connectivity index (χ2n) is 4.97. The number of nitrogens with one attached hydrogen (secondary N) is 1. The fourth-order valence-electron chi connectivity index (χ4n) is 2.12. The van der Waals surface area contributed by atoms with Gasteiger partial charge in [0.05, 0.1) is 0 Å². The number of hydrogen-bond donors (Lipinski definition) is 1. The van der Waals surface area contributed by atoms with E-state index < -0.39 is 0 Å². The van der Waals surface area contributed by atoms with Gasteiger partial charge in [0.25, 0.3) is 0 Å². The summed E-state index contributed by atoms with van der Waals surface area (Å²) in [5.74, 6) is 1.19. The minimum Gasteiger partial charge on any atom is -0.313 e. The topological polar surface area (TPSA) is 15.3 Å². The van der Waals surface area contributed by atoms with Gasteiger partial charge in [0.2, 0.25) is 0 Å². The number of nitrogens with zero attached hydrogens (tertiary/aromatic N) is 1. The smallest absolute Gasteiger partial charge is 0.0330 e. The molecule has 0 spiro atoms. The molecule has 0 saturated heterocycles. The first kappa shape index (κ1) is 17.0. The van der Waals surface area contributed by atoms with Crippen LogP contribution in [0.3, 0.4) is 0 Å². The molecule has 0 aliphatic heterocycles. The highest BCUT2D eigenvalue weighted by Crippen LogP contribution is 2.21. The van der Waals surface area contributed by atoms with Crippen molar-refractivity contribution in [2.75, 3.05) is 32.6 Å². The van der Waals surface area contributed by atoms with E-state index in [1.807, 2.05) is 18.8 Å². The number of halogens is 1. The number of benzene rings is 1. The second kappa shape index (κ2) is 9.01. The number of thioether (sulfide) groups is 1. The molecule has 0 heterocycles. The minimum absolute atomic E-state index is 0.418. The summed E-state index contributed by atoms with van der Waals surface area (Å²) in [6, 6.07) is 9.62. The van der Waals surface area contributed by atoms with Crippen LogP contribution < -0.4 is 5.32 Å². The Morgan fingerprint density at radius 1 is 1.42 bits per heavy atom.